The van der Waals surface area contributed by atoms with E-state index in [0.29, 0.717) is 5.69 Å². The minimum atomic E-state index is -1.37. The van der Waals surface area contributed by atoms with Gasteiger partial charge in [-0.3, -0.25) is 9.59 Å². The van der Waals surface area contributed by atoms with Crippen molar-refractivity contribution in [3.8, 4) is 0 Å². The standard InChI is InChI=1S/C20H23FN2O2/c1-13(2)14-9-5-7-11-16(14)22-18(24)20(3,4)19(25)23-17-12-8-6-10-15(17)21/h5-13H,1-4H3,(H,22,24)(H,23,25). The number of halogens is 1. The number of benzene rings is 2. The fourth-order valence-electron chi connectivity index (χ4n) is 2.34. The summed E-state index contributed by atoms with van der Waals surface area (Å²) >= 11 is 0. The second-order valence-electron chi connectivity index (χ2n) is 6.76. The molecule has 2 N–H and O–H groups in total. The van der Waals surface area contributed by atoms with Gasteiger partial charge in [0.1, 0.15) is 11.2 Å². The highest BCUT2D eigenvalue weighted by molar-refractivity contribution is 6.14. The summed E-state index contributed by atoms with van der Waals surface area (Å²) in [7, 11) is 0. The van der Waals surface area contributed by atoms with E-state index in [9.17, 15) is 14.0 Å². The minimum absolute atomic E-state index is 0.0518. The molecule has 0 spiro atoms. The van der Waals surface area contributed by atoms with Gasteiger partial charge in [0.25, 0.3) is 0 Å². The zero-order chi connectivity index (χ0) is 18.6. The maximum atomic E-state index is 13.7. The van der Waals surface area contributed by atoms with Gasteiger partial charge in [0, 0.05) is 5.69 Å². The fraction of sp³-hybridized carbons (Fsp3) is 0.300. The lowest BCUT2D eigenvalue weighted by Crippen LogP contribution is -2.41. The quantitative estimate of drug-likeness (QED) is 0.783. The predicted molar refractivity (Wildman–Crippen MR) is 98.0 cm³/mol. The molecule has 0 atom stereocenters. The summed E-state index contributed by atoms with van der Waals surface area (Å²) in [5.74, 6) is -1.34. The Kier molecular flexibility index (Phi) is 5.57. The number of para-hydroxylation sites is 2. The number of hydrogen-bond donors (Lipinski definition) is 2. The molecule has 0 aliphatic carbocycles. The summed E-state index contributed by atoms with van der Waals surface area (Å²) in [5.41, 5.74) is 0.346. The van der Waals surface area contributed by atoms with Crippen molar-refractivity contribution in [2.45, 2.75) is 33.6 Å². The molecule has 0 saturated heterocycles. The average Bonchev–Trinajstić information content (AvgIpc) is 2.57. The molecule has 4 nitrogen and oxygen atoms in total. The van der Waals surface area contributed by atoms with Crippen LogP contribution in [0, 0.1) is 11.2 Å². The normalized spacial score (nSPS) is 11.3. The van der Waals surface area contributed by atoms with Crippen LogP contribution < -0.4 is 10.6 Å². The average molecular weight is 342 g/mol. The van der Waals surface area contributed by atoms with Crippen LogP contribution in [0.5, 0.6) is 0 Å². The van der Waals surface area contributed by atoms with Crippen molar-refractivity contribution in [3.05, 3.63) is 59.9 Å². The first-order valence-corrected chi connectivity index (χ1v) is 8.20. The Bertz CT molecular complexity index is 785. The van der Waals surface area contributed by atoms with Gasteiger partial charge in [-0.15, -0.1) is 0 Å². The molecule has 2 amide bonds. The Morgan fingerprint density at radius 3 is 1.92 bits per heavy atom. The van der Waals surface area contributed by atoms with Crippen LogP contribution in [0.15, 0.2) is 48.5 Å². The smallest absolute Gasteiger partial charge is 0.239 e. The lowest BCUT2D eigenvalue weighted by Gasteiger charge is -2.24. The number of carbonyl (C=O) groups is 2. The number of hydrogen-bond acceptors (Lipinski definition) is 2. The van der Waals surface area contributed by atoms with Crippen LogP contribution in [0.4, 0.5) is 15.8 Å². The third-order valence-electron chi connectivity index (χ3n) is 4.09. The van der Waals surface area contributed by atoms with E-state index in [0.717, 1.165) is 5.56 Å². The molecule has 0 aliphatic heterocycles. The number of carbonyl (C=O) groups excluding carboxylic acids is 2. The molecule has 0 heterocycles. The Morgan fingerprint density at radius 1 is 0.880 bits per heavy atom. The van der Waals surface area contributed by atoms with Crippen LogP contribution >= 0.6 is 0 Å². The van der Waals surface area contributed by atoms with E-state index in [-0.39, 0.29) is 11.6 Å². The lowest BCUT2D eigenvalue weighted by atomic mass is 9.90. The molecule has 0 aliphatic rings. The van der Waals surface area contributed by atoms with Crippen LogP contribution in [0.3, 0.4) is 0 Å². The molecule has 5 heteroatoms. The zero-order valence-electron chi connectivity index (χ0n) is 14.9. The van der Waals surface area contributed by atoms with Crippen LogP contribution in [-0.2, 0) is 9.59 Å². The van der Waals surface area contributed by atoms with Gasteiger partial charge >= 0.3 is 0 Å². The van der Waals surface area contributed by atoms with Crippen LogP contribution in [0.2, 0.25) is 0 Å². The third-order valence-corrected chi connectivity index (χ3v) is 4.09. The summed E-state index contributed by atoms with van der Waals surface area (Å²) in [6, 6.07) is 13.3. The maximum absolute atomic E-state index is 13.7. The molecule has 0 saturated carbocycles. The molecular formula is C20H23FN2O2. The van der Waals surface area contributed by atoms with E-state index >= 15 is 0 Å². The Morgan fingerprint density at radius 2 is 1.36 bits per heavy atom. The number of rotatable bonds is 5. The van der Waals surface area contributed by atoms with Gasteiger partial charge in [0.05, 0.1) is 5.69 Å². The number of nitrogens with one attached hydrogen (secondary N) is 2. The van der Waals surface area contributed by atoms with Crippen molar-refractivity contribution in [1.82, 2.24) is 0 Å². The Labute approximate surface area is 147 Å². The second kappa shape index (κ2) is 7.47. The van der Waals surface area contributed by atoms with Gasteiger partial charge in [-0.2, -0.15) is 0 Å². The summed E-state index contributed by atoms with van der Waals surface area (Å²) in [6.45, 7) is 7.08. The van der Waals surface area contributed by atoms with Crippen LogP contribution in [0.1, 0.15) is 39.2 Å². The molecule has 0 fully saturated rings. The van der Waals surface area contributed by atoms with Gasteiger partial charge in [-0.1, -0.05) is 44.2 Å². The summed E-state index contributed by atoms with van der Waals surface area (Å²) < 4.78 is 13.7. The van der Waals surface area contributed by atoms with Crippen molar-refractivity contribution in [1.29, 1.82) is 0 Å². The molecule has 0 unspecified atom stereocenters. The monoisotopic (exact) mass is 342 g/mol. The zero-order valence-corrected chi connectivity index (χ0v) is 14.9. The van der Waals surface area contributed by atoms with E-state index in [4.69, 9.17) is 0 Å². The van der Waals surface area contributed by atoms with E-state index in [2.05, 4.69) is 10.6 Å². The SMILES string of the molecule is CC(C)c1ccccc1NC(=O)C(C)(C)C(=O)Nc1ccccc1F. The highest BCUT2D eigenvalue weighted by atomic mass is 19.1. The second-order valence-corrected chi connectivity index (χ2v) is 6.76. The van der Waals surface area contributed by atoms with Crippen molar-refractivity contribution in [3.63, 3.8) is 0 Å². The molecule has 2 aromatic carbocycles. The van der Waals surface area contributed by atoms with Crippen molar-refractivity contribution in [2.75, 3.05) is 10.6 Å². The third kappa shape index (κ3) is 4.24. The van der Waals surface area contributed by atoms with Gasteiger partial charge < -0.3 is 10.6 Å². The molecular weight excluding hydrogens is 319 g/mol. The van der Waals surface area contributed by atoms with E-state index in [1.807, 2.05) is 32.0 Å². The number of amides is 2. The minimum Gasteiger partial charge on any atom is -0.325 e. The van der Waals surface area contributed by atoms with Gasteiger partial charge in [0.2, 0.25) is 11.8 Å². The first kappa shape index (κ1) is 18.6. The van der Waals surface area contributed by atoms with Gasteiger partial charge in [-0.05, 0) is 43.5 Å². The molecule has 0 aromatic heterocycles. The molecule has 2 rings (SSSR count). The first-order chi connectivity index (χ1) is 11.7. The predicted octanol–water partition coefficient (Wildman–Crippen LogP) is 4.55. The molecule has 0 bridgehead atoms. The highest BCUT2D eigenvalue weighted by Crippen LogP contribution is 2.27. The molecule has 0 radical (unpaired) electrons. The van der Waals surface area contributed by atoms with Gasteiger partial charge in [0.15, 0.2) is 0 Å². The maximum Gasteiger partial charge on any atom is 0.239 e. The largest absolute Gasteiger partial charge is 0.325 e. The van der Waals surface area contributed by atoms with E-state index < -0.39 is 23.0 Å². The molecule has 25 heavy (non-hydrogen) atoms. The molecule has 132 valence electrons. The summed E-state index contributed by atoms with van der Waals surface area (Å²) in [6.07, 6.45) is 0. The number of anilines is 2. The van der Waals surface area contributed by atoms with Crippen molar-refractivity contribution >= 4 is 23.2 Å². The van der Waals surface area contributed by atoms with Crippen molar-refractivity contribution in [2.24, 2.45) is 5.41 Å². The summed E-state index contributed by atoms with van der Waals surface area (Å²) in [4.78, 5) is 25.2. The Balaban J connectivity index is 2.17. The lowest BCUT2D eigenvalue weighted by molar-refractivity contribution is -0.135. The van der Waals surface area contributed by atoms with E-state index in [1.165, 1.54) is 32.0 Å². The van der Waals surface area contributed by atoms with Crippen molar-refractivity contribution < 1.29 is 14.0 Å². The highest BCUT2D eigenvalue weighted by Gasteiger charge is 2.36. The van der Waals surface area contributed by atoms with Crippen LogP contribution in [0.25, 0.3) is 0 Å². The Hall–Kier alpha value is -2.69. The fourth-order valence-corrected chi connectivity index (χ4v) is 2.34. The first-order valence-electron chi connectivity index (χ1n) is 8.20. The topological polar surface area (TPSA) is 58.2 Å². The summed E-state index contributed by atoms with van der Waals surface area (Å²) in [5, 5.41) is 5.30. The molecule has 2 aromatic rings. The van der Waals surface area contributed by atoms with E-state index in [1.54, 1.807) is 12.1 Å². The van der Waals surface area contributed by atoms with Gasteiger partial charge in [-0.25, -0.2) is 4.39 Å². The van der Waals surface area contributed by atoms with Crippen LogP contribution in [-0.4, -0.2) is 11.8 Å².